The van der Waals surface area contributed by atoms with Gasteiger partial charge in [0.15, 0.2) is 5.82 Å². The monoisotopic (exact) mass is 318 g/mol. The molecular weight excluding hydrogens is 300 g/mol. The van der Waals surface area contributed by atoms with E-state index in [0.29, 0.717) is 0 Å². The van der Waals surface area contributed by atoms with E-state index in [1.165, 1.54) is 0 Å². The standard InChI is InChI=1S/C18H18N6/c1-13(15-10-22-23(2)11-15)24-12-21-16(14-6-4-3-5-7-14)17(24)18-19-8-9-20-18/h3-13H,1-2H3,(H,19,20). The summed E-state index contributed by atoms with van der Waals surface area (Å²) in [6.45, 7) is 2.14. The van der Waals surface area contributed by atoms with Crippen molar-refractivity contribution in [2.75, 3.05) is 0 Å². The van der Waals surface area contributed by atoms with Crippen molar-refractivity contribution < 1.29 is 0 Å². The highest BCUT2D eigenvalue weighted by molar-refractivity contribution is 5.75. The van der Waals surface area contributed by atoms with Gasteiger partial charge >= 0.3 is 0 Å². The first-order valence-electron chi connectivity index (χ1n) is 7.84. The van der Waals surface area contributed by atoms with Crippen LogP contribution in [0, 0.1) is 0 Å². The summed E-state index contributed by atoms with van der Waals surface area (Å²) in [6.07, 6.45) is 9.38. The Balaban J connectivity index is 1.88. The molecule has 3 heterocycles. The highest BCUT2D eigenvalue weighted by atomic mass is 15.2. The molecule has 1 atom stereocenters. The van der Waals surface area contributed by atoms with Gasteiger partial charge in [0.05, 0.1) is 24.3 Å². The van der Waals surface area contributed by atoms with Crippen LogP contribution in [0.25, 0.3) is 22.8 Å². The summed E-state index contributed by atoms with van der Waals surface area (Å²) in [4.78, 5) is 12.3. The van der Waals surface area contributed by atoms with E-state index in [2.05, 4.69) is 43.7 Å². The zero-order valence-electron chi connectivity index (χ0n) is 13.6. The lowest BCUT2D eigenvalue weighted by molar-refractivity contribution is 0.641. The summed E-state index contributed by atoms with van der Waals surface area (Å²) >= 11 is 0. The normalized spacial score (nSPS) is 12.4. The first kappa shape index (κ1) is 14.4. The summed E-state index contributed by atoms with van der Waals surface area (Å²) in [5.41, 5.74) is 4.09. The second-order valence-electron chi connectivity index (χ2n) is 5.78. The minimum atomic E-state index is 0.101. The third kappa shape index (κ3) is 2.42. The van der Waals surface area contributed by atoms with Crippen molar-refractivity contribution in [2.45, 2.75) is 13.0 Å². The second-order valence-corrected chi connectivity index (χ2v) is 5.78. The molecule has 4 aromatic rings. The maximum Gasteiger partial charge on any atom is 0.156 e. The van der Waals surface area contributed by atoms with E-state index >= 15 is 0 Å². The van der Waals surface area contributed by atoms with Crippen LogP contribution in [0.15, 0.2) is 61.4 Å². The number of rotatable bonds is 4. The summed E-state index contributed by atoms with van der Waals surface area (Å²) in [5.74, 6) is 0.807. The number of hydrogen-bond donors (Lipinski definition) is 1. The predicted molar refractivity (Wildman–Crippen MR) is 92.3 cm³/mol. The van der Waals surface area contributed by atoms with Crippen molar-refractivity contribution in [1.29, 1.82) is 0 Å². The topological polar surface area (TPSA) is 64.3 Å². The molecule has 0 fully saturated rings. The molecule has 0 spiro atoms. The van der Waals surface area contributed by atoms with E-state index in [0.717, 1.165) is 28.3 Å². The van der Waals surface area contributed by atoms with Crippen LogP contribution in [-0.4, -0.2) is 29.3 Å². The molecular formula is C18H18N6. The Morgan fingerprint density at radius 1 is 1.12 bits per heavy atom. The van der Waals surface area contributed by atoms with Gasteiger partial charge in [0.25, 0.3) is 0 Å². The molecule has 1 aromatic carbocycles. The van der Waals surface area contributed by atoms with Crippen molar-refractivity contribution in [3.63, 3.8) is 0 Å². The molecule has 0 aliphatic carbocycles. The Bertz CT molecular complexity index is 933. The maximum atomic E-state index is 4.67. The number of H-pyrrole nitrogens is 1. The van der Waals surface area contributed by atoms with Crippen molar-refractivity contribution in [3.8, 4) is 22.8 Å². The molecule has 1 unspecified atom stereocenters. The van der Waals surface area contributed by atoms with Crippen molar-refractivity contribution >= 4 is 0 Å². The molecule has 0 saturated carbocycles. The number of hydrogen-bond acceptors (Lipinski definition) is 3. The first-order valence-corrected chi connectivity index (χ1v) is 7.84. The highest BCUT2D eigenvalue weighted by Crippen LogP contribution is 2.32. The van der Waals surface area contributed by atoms with Crippen LogP contribution in [0.4, 0.5) is 0 Å². The molecule has 0 amide bonds. The number of benzene rings is 1. The van der Waals surface area contributed by atoms with Gasteiger partial charge in [0.1, 0.15) is 5.69 Å². The third-order valence-corrected chi connectivity index (χ3v) is 4.19. The van der Waals surface area contributed by atoms with Crippen LogP contribution in [0.2, 0.25) is 0 Å². The molecule has 0 saturated heterocycles. The summed E-state index contributed by atoms with van der Waals surface area (Å²) in [7, 11) is 1.92. The van der Waals surface area contributed by atoms with Gasteiger partial charge in [-0.05, 0) is 6.92 Å². The number of imidazole rings is 2. The van der Waals surface area contributed by atoms with Gasteiger partial charge in [-0.3, -0.25) is 4.68 Å². The fourth-order valence-electron chi connectivity index (χ4n) is 2.91. The molecule has 0 bridgehead atoms. The van der Waals surface area contributed by atoms with Gasteiger partial charge in [-0.15, -0.1) is 0 Å². The first-order chi connectivity index (χ1) is 11.7. The average molecular weight is 318 g/mol. The highest BCUT2D eigenvalue weighted by Gasteiger charge is 2.21. The largest absolute Gasteiger partial charge is 0.343 e. The SMILES string of the molecule is CC(c1cnn(C)c1)n1cnc(-c2ccccc2)c1-c1ncc[nH]1. The molecule has 3 aromatic heterocycles. The molecule has 1 N–H and O–H groups in total. The molecule has 0 aliphatic heterocycles. The number of aryl methyl sites for hydroxylation is 1. The maximum absolute atomic E-state index is 4.67. The molecule has 120 valence electrons. The van der Waals surface area contributed by atoms with Crippen LogP contribution in [0.3, 0.4) is 0 Å². The van der Waals surface area contributed by atoms with E-state index < -0.39 is 0 Å². The minimum Gasteiger partial charge on any atom is -0.343 e. The van der Waals surface area contributed by atoms with E-state index in [1.807, 2.05) is 54.8 Å². The Hall–Kier alpha value is -3.15. The van der Waals surface area contributed by atoms with Crippen LogP contribution in [-0.2, 0) is 7.05 Å². The zero-order chi connectivity index (χ0) is 16.5. The Morgan fingerprint density at radius 3 is 2.62 bits per heavy atom. The van der Waals surface area contributed by atoms with Crippen LogP contribution in [0.1, 0.15) is 18.5 Å². The molecule has 4 rings (SSSR count). The van der Waals surface area contributed by atoms with Crippen LogP contribution >= 0.6 is 0 Å². The van der Waals surface area contributed by atoms with Crippen LogP contribution < -0.4 is 0 Å². The molecule has 0 aliphatic rings. The third-order valence-electron chi connectivity index (χ3n) is 4.19. The lowest BCUT2D eigenvalue weighted by atomic mass is 10.1. The number of aromatic amines is 1. The van der Waals surface area contributed by atoms with Gasteiger partial charge in [0.2, 0.25) is 0 Å². The van der Waals surface area contributed by atoms with Crippen molar-refractivity contribution in [3.05, 3.63) is 67.0 Å². The Morgan fingerprint density at radius 2 is 1.96 bits per heavy atom. The zero-order valence-corrected chi connectivity index (χ0v) is 13.6. The summed E-state index contributed by atoms with van der Waals surface area (Å²) < 4.78 is 3.95. The fourth-order valence-corrected chi connectivity index (χ4v) is 2.91. The average Bonchev–Trinajstić information content (AvgIpc) is 3.34. The van der Waals surface area contributed by atoms with Crippen LogP contribution in [0.5, 0.6) is 0 Å². The molecule has 6 heteroatoms. The fraction of sp³-hybridized carbons (Fsp3) is 0.167. The molecule has 6 nitrogen and oxygen atoms in total. The van der Waals surface area contributed by atoms with Gasteiger partial charge in [-0.25, -0.2) is 9.97 Å². The van der Waals surface area contributed by atoms with E-state index in [4.69, 9.17) is 0 Å². The Labute approximate surface area is 139 Å². The minimum absolute atomic E-state index is 0.101. The van der Waals surface area contributed by atoms with Gasteiger partial charge in [-0.1, -0.05) is 30.3 Å². The van der Waals surface area contributed by atoms with Crippen molar-refractivity contribution in [2.24, 2.45) is 7.05 Å². The lowest BCUT2D eigenvalue weighted by Gasteiger charge is -2.15. The quantitative estimate of drug-likeness (QED) is 0.628. The number of nitrogens with zero attached hydrogens (tertiary/aromatic N) is 5. The second kappa shape index (κ2) is 5.81. The van der Waals surface area contributed by atoms with E-state index in [-0.39, 0.29) is 6.04 Å². The van der Waals surface area contributed by atoms with E-state index in [9.17, 15) is 0 Å². The van der Waals surface area contributed by atoms with Gasteiger partial charge < -0.3 is 9.55 Å². The van der Waals surface area contributed by atoms with Crippen molar-refractivity contribution in [1.82, 2.24) is 29.3 Å². The number of aromatic nitrogens is 6. The van der Waals surface area contributed by atoms with Gasteiger partial charge in [0, 0.05) is 36.8 Å². The summed E-state index contributed by atoms with van der Waals surface area (Å²) in [6, 6.07) is 10.3. The lowest BCUT2D eigenvalue weighted by Crippen LogP contribution is -2.07. The number of nitrogens with one attached hydrogen (secondary N) is 1. The predicted octanol–water partition coefficient (Wildman–Crippen LogP) is 3.28. The Kier molecular flexibility index (Phi) is 3.49. The van der Waals surface area contributed by atoms with Gasteiger partial charge in [-0.2, -0.15) is 5.10 Å². The summed E-state index contributed by atoms with van der Waals surface area (Å²) in [5, 5.41) is 4.28. The molecule has 24 heavy (non-hydrogen) atoms. The smallest absolute Gasteiger partial charge is 0.156 e. The van der Waals surface area contributed by atoms with E-state index in [1.54, 1.807) is 6.20 Å². The molecule has 0 radical (unpaired) electrons.